The fourth-order valence-electron chi connectivity index (χ4n) is 4.35. The van der Waals surface area contributed by atoms with Crippen LogP contribution in [0.3, 0.4) is 0 Å². The van der Waals surface area contributed by atoms with Crippen molar-refractivity contribution in [1.82, 2.24) is 4.57 Å². The highest BCUT2D eigenvalue weighted by atomic mass is 35.5. The van der Waals surface area contributed by atoms with Crippen LogP contribution in [0, 0.1) is 11.2 Å². The van der Waals surface area contributed by atoms with Gasteiger partial charge in [-0.05, 0) is 18.9 Å². The lowest BCUT2D eigenvalue weighted by Gasteiger charge is -2.40. The van der Waals surface area contributed by atoms with Crippen molar-refractivity contribution in [3.8, 4) is 0 Å². The van der Waals surface area contributed by atoms with Crippen molar-refractivity contribution in [2.75, 3.05) is 31.2 Å². The number of aromatic nitrogens is 1. The number of nitrogens with zero attached hydrogens (tertiary/aromatic N) is 2. The van der Waals surface area contributed by atoms with Crippen molar-refractivity contribution >= 4 is 34.2 Å². The van der Waals surface area contributed by atoms with Gasteiger partial charge in [-0.25, -0.2) is 9.18 Å². The lowest BCUT2D eigenvalue weighted by atomic mass is 9.82. The molecule has 2 aliphatic heterocycles. The average molecular weight is 408 g/mol. The zero-order valence-corrected chi connectivity index (χ0v) is 15.7. The monoisotopic (exact) mass is 407 g/mol. The van der Waals surface area contributed by atoms with Gasteiger partial charge in [0.15, 0.2) is 0 Å². The molecule has 7 nitrogen and oxygen atoms in total. The topological polar surface area (TPSA) is 97.8 Å². The molecule has 1 saturated carbocycles. The average Bonchev–Trinajstić information content (AvgIpc) is 3.37. The zero-order valence-electron chi connectivity index (χ0n) is 15.0. The molecular formula is C19H19ClFN3O4. The molecule has 1 unspecified atom stereocenters. The van der Waals surface area contributed by atoms with E-state index in [0.29, 0.717) is 31.8 Å². The number of hydrogen-bond acceptors (Lipinski definition) is 5. The molecular weight excluding hydrogens is 389 g/mol. The number of anilines is 1. The largest absolute Gasteiger partial charge is 0.477 e. The molecule has 0 radical (unpaired) electrons. The van der Waals surface area contributed by atoms with Gasteiger partial charge in [0.1, 0.15) is 11.4 Å². The van der Waals surface area contributed by atoms with Crippen LogP contribution < -0.4 is 16.1 Å². The Bertz CT molecular complexity index is 1080. The van der Waals surface area contributed by atoms with Crippen LogP contribution in [0.2, 0.25) is 5.02 Å². The highest BCUT2D eigenvalue weighted by Crippen LogP contribution is 2.45. The summed E-state index contributed by atoms with van der Waals surface area (Å²) in [5.74, 6) is -1.98. The lowest BCUT2D eigenvalue weighted by Crippen LogP contribution is -2.54. The first-order valence-corrected chi connectivity index (χ1v) is 9.58. The minimum Gasteiger partial charge on any atom is -0.477 e. The van der Waals surface area contributed by atoms with Crippen LogP contribution in [-0.4, -0.2) is 48.0 Å². The molecule has 3 aliphatic rings. The van der Waals surface area contributed by atoms with Gasteiger partial charge in [-0.2, -0.15) is 0 Å². The number of pyridine rings is 1. The highest BCUT2D eigenvalue weighted by molar-refractivity contribution is 6.38. The van der Waals surface area contributed by atoms with Gasteiger partial charge >= 0.3 is 5.97 Å². The number of nitrogens with two attached hydrogens (primary N) is 1. The predicted octanol–water partition coefficient (Wildman–Crippen LogP) is 1.99. The van der Waals surface area contributed by atoms with E-state index in [9.17, 15) is 14.7 Å². The van der Waals surface area contributed by atoms with Crippen LogP contribution in [0.1, 0.15) is 29.2 Å². The Balaban J connectivity index is 1.72. The number of carboxylic acid groups (broad SMARTS) is 1. The molecule has 1 aromatic heterocycles. The molecule has 3 fully saturated rings. The summed E-state index contributed by atoms with van der Waals surface area (Å²) in [6.07, 6.45) is 3.04. The molecule has 148 valence electrons. The van der Waals surface area contributed by atoms with E-state index in [1.807, 2.05) is 4.90 Å². The molecule has 9 heteroatoms. The summed E-state index contributed by atoms with van der Waals surface area (Å²) >= 11 is 6.65. The molecule has 0 bridgehead atoms. The summed E-state index contributed by atoms with van der Waals surface area (Å²) in [5, 5.41) is 9.48. The van der Waals surface area contributed by atoms with Crippen LogP contribution in [0.25, 0.3) is 10.9 Å². The van der Waals surface area contributed by atoms with E-state index in [2.05, 4.69) is 0 Å². The predicted molar refractivity (Wildman–Crippen MR) is 102 cm³/mol. The third-order valence-corrected chi connectivity index (χ3v) is 6.52. The standard InChI is InChI=1S/C19H19ClFN3O4/c20-14-15-10(17(25)11(18(26)27)4-24(15)9-1-2-9)3-12(21)16(14)23-5-13(22)19(6-23)7-28-8-19/h3-4,9,13H,1-2,5-8,22H2,(H,26,27). The van der Waals surface area contributed by atoms with Gasteiger partial charge in [-0.3, -0.25) is 4.79 Å². The molecule has 5 rings (SSSR count). The van der Waals surface area contributed by atoms with E-state index in [-0.39, 0.29) is 39.2 Å². The maximum atomic E-state index is 15.1. The Kier molecular flexibility index (Phi) is 3.78. The van der Waals surface area contributed by atoms with Crippen LogP contribution in [0.4, 0.5) is 10.1 Å². The van der Waals surface area contributed by atoms with Crippen LogP contribution in [0.5, 0.6) is 0 Å². The van der Waals surface area contributed by atoms with Gasteiger partial charge in [-0.1, -0.05) is 11.6 Å². The van der Waals surface area contributed by atoms with Crippen LogP contribution >= 0.6 is 11.6 Å². The summed E-state index contributed by atoms with van der Waals surface area (Å²) in [5.41, 5.74) is 5.56. The maximum Gasteiger partial charge on any atom is 0.341 e. The van der Waals surface area contributed by atoms with Gasteiger partial charge in [-0.15, -0.1) is 0 Å². The quantitative estimate of drug-likeness (QED) is 0.807. The number of aromatic carboxylic acids is 1. The molecule has 2 aromatic rings. The second-order valence-corrected chi connectivity index (χ2v) is 8.45. The fourth-order valence-corrected chi connectivity index (χ4v) is 4.76. The van der Waals surface area contributed by atoms with E-state index < -0.39 is 17.2 Å². The van der Waals surface area contributed by atoms with Gasteiger partial charge in [0, 0.05) is 31.4 Å². The molecule has 28 heavy (non-hydrogen) atoms. The van der Waals surface area contributed by atoms with E-state index in [1.54, 1.807) is 4.57 Å². The van der Waals surface area contributed by atoms with Crippen molar-refractivity contribution in [1.29, 1.82) is 0 Å². The Morgan fingerprint density at radius 1 is 1.39 bits per heavy atom. The minimum atomic E-state index is -1.33. The molecule has 2 saturated heterocycles. The third kappa shape index (κ3) is 2.41. The SMILES string of the molecule is NC1CN(c2c(F)cc3c(=O)c(C(=O)O)cn(C4CC4)c3c2Cl)CC12COC2. The number of benzene rings is 1. The Labute approximate surface area is 164 Å². The maximum absolute atomic E-state index is 15.1. The molecule has 1 aromatic carbocycles. The van der Waals surface area contributed by atoms with Crippen molar-refractivity contribution in [3.63, 3.8) is 0 Å². The number of halogens is 2. The molecule has 1 spiro atoms. The third-order valence-electron chi connectivity index (χ3n) is 6.16. The van der Waals surface area contributed by atoms with Gasteiger partial charge < -0.3 is 25.0 Å². The molecule has 0 amide bonds. The van der Waals surface area contributed by atoms with Crippen molar-refractivity contribution in [2.24, 2.45) is 11.1 Å². The van der Waals surface area contributed by atoms with Crippen molar-refractivity contribution in [2.45, 2.75) is 24.9 Å². The van der Waals surface area contributed by atoms with Crippen LogP contribution in [-0.2, 0) is 4.74 Å². The zero-order chi connectivity index (χ0) is 19.8. The van der Waals surface area contributed by atoms with E-state index in [1.165, 1.54) is 6.20 Å². The van der Waals surface area contributed by atoms with E-state index >= 15 is 4.39 Å². The Hall–Kier alpha value is -2.16. The second-order valence-electron chi connectivity index (χ2n) is 8.07. The first kappa shape index (κ1) is 17.9. The first-order chi connectivity index (χ1) is 13.3. The summed E-state index contributed by atoms with van der Waals surface area (Å²) in [4.78, 5) is 25.9. The second kappa shape index (κ2) is 5.92. The minimum absolute atomic E-state index is 0.0109. The lowest BCUT2D eigenvalue weighted by molar-refractivity contribution is -0.106. The first-order valence-electron chi connectivity index (χ1n) is 9.21. The van der Waals surface area contributed by atoms with Crippen molar-refractivity contribution < 1.29 is 19.0 Å². The van der Waals surface area contributed by atoms with E-state index in [4.69, 9.17) is 22.1 Å². The number of carbonyl (C=O) groups is 1. The Morgan fingerprint density at radius 3 is 2.64 bits per heavy atom. The molecule has 3 N–H and O–H groups in total. The number of carboxylic acids is 1. The normalized spacial score (nSPS) is 23.4. The highest BCUT2D eigenvalue weighted by Gasteiger charge is 2.51. The van der Waals surface area contributed by atoms with E-state index in [0.717, 1.165) is 18.9 Å². The van der Waals surface area contributed by atoms with Crippen LogP contribution in [0.15, 0.2) is 17.1 Å². The van der Waals surface area contributed by atoms with Gasteiger partial charge in [0.05, 0.1) is 40.2 Å². The number of hydrogen-bond donors (Lipinski definition) is 2. The number of ether oxygens (including phenoxy) is 1. The summed E-state index contributed by atoms with van der Waals surface area (Å²) in [6.45, 7) is 2.03. The molecule has 3 heterocycles. The molecule has 1 atom stereocenters. The van der Waals surface area contributed by atoms with Gasteiger partial charge in [0.25, 0.3) is 0 Å². The number of rotatable bonds is 3. The smallest absolute Gasteiger partial charge is 0.341 e. The molecule has 1 aliphatic carbocycles. The fraction of sp³-hybridized carbons (Fsp3) is 0.474. The van der Waals surface area contributed by atoms with Gasteiger partial charge in [0.2, 0.25) is 5.43 Å². The summed E-state index contributed by atoms with van der Waals surface area (Å²) < 4.78 is 22.1. The number of fused-ring (bicyclic) bond motifs is 1. The Morgan fingerprint density at radius 2 is 2.11 bits per heavy atom. The summed E-state index contributed by atoms with van der Waals surface area (Å²) in [7, 11) is 0. The summed E-state index contributed by atoms with van der Waals surface area (Å²) in [6, 6.07) is 1.01. The van der Waals surface area contributed by atoms with Crippen molar-refractivity contribution in [3.05, 3.63) is 38.9 Å².